The minimum atomic E-state index is -0.645. The van der Waals surface area contributed by atoms with Crippen molar-refractivity contribution in [3.63, 3.8) is 0 Å². The first kappa shape index (κ1) is 16.4. The van der Waals surface area contributed by atoms with Crippen molar-refractivity contribution >= 4 is 11.7 Å². The van der Waals surface area contributed by atoms with E-state index in [0.29, 0.717) is 29.4 Å². The maximum Gasteiger partial charge on any atom is 0.235 e. The largest absolute Gasteiger partial charge is 0.310 e. The molecule has 0 spiro atoms. The summed E-state index contributed by atoms with van der Waals surface area (Å²) < 4.78 is 15.6. The van der Waals surface area contributed by atoms with Gasteiger partial charge >= 0.3 is 0 Å². The number of amides is 1. The van der Waals surface area contributed by atoms with Crippen LogP contribution in [0, 0.1) is 12.7 Å². The quantitative estimate of drug-likeness (QED) is 0.787. The number of nitrogens with one attached hydrogen (secondary N) is 1. The molecule has 1 aliphatic rings. The van der Waals surface area contributed by atoms with Crippen molar-refractivity contribution in [1.82, 2.24) is 19.7 Å². The lowest BCUT2D eigenvalue weighted by atomic mass is 9.88. The highest BCUT2D eigenvalue weighted by Gasteiger charge is 2.40. The molecule has 4 rings (SSSR count). The number of hydrogen-bond acceptors (Lipinski definition) is 4. The number of benzene rings is 1. The Morgan fingerprint density at radius 3 is 2.81 bits per heavy atom. The van der Waals surface area contributed by atoms with Gasteiger partial charge in [-0.2, -0.15) is 5.10 Å². The molecule has 1 aromatic carbocycles. The molecule has 26 heavy (non-hydrogen) atoms. The van der Waals surface area contributed by atoms with Gasteiger partial charge in [0.05, 0.1) is 12.0 Å². The van der Waals surface area contributed by atoms with E-state index in [9.17, 15) is 9.18 Å². The standard InChI is InChI=1S/C19H18FN5O/c1-11-8-15(24-25(11)10-12-6-4-5-7-14(12)20)17-21-9-13-16(22-17)23-18(26)19(13,2)3/h4-9H,10H2,1-3H3,(H,21,22,23,26). The minimum Gasteiger partial charge on any atom is -0.310 e. The van der Waals surface area contributed by atoms with E-state index in [1.807, 2.05) is 26.8 Å². The van der Waals surface area contributed by atoms with Crippen molar-refractivity contribution in [3.8, 4) is 11.5 Å². The number of carbonyl (C=O) groups excluding carboxylic acids is 1. The van der Waals surface area contributed by atoms with Gasteiger partial charge < -0.3 is 5.32 Å². The second-order valence-electron chi connectivity index (χ2n) is 6.96. The van der Waals surface area contributed by atoms with E-state index in [1.54, 1.807) is 29.1 Å². The summed E-state index contributed by atoms with van der Waals surface area (Å²) in [6.45, 7) is 5.90. The third-order valence-electron chi connectivity index (χ3n) is 4.75. The maximum atomic E-state index is 13.9. The average molecular weight is 351 g/mol. The van der Waals surface area contributed by atoms with Gasteiger partial charge in [-0.25, -0.2) is 14.4 Å². The third-order valence-corrected chi connectivity index (χ3v) is 4.75. The number of aromatic nitrogens is 4. The van der Waals surface area contributed by atoms with Crippen LogP contribution in [-0.4, -0.2) is 25.7 Å². The van der Waals surface area contributed by atoms with Gasteiger partial charge in [0.25, 0.3) is 0 Å². The van der Waals surface area contributed by atoms with E-state index in [-0.39, 0.29) is 11.7 Å². The lowest BCUT2D eigenvalue weighted by Gasteiger charge is -2.13. The van der Waals surface area contributed by atoms with E-state index in [1.165, 1.54) is 6.07 Å². The van der Waals surface area contributed by atoms with E-state index >= 15 is 0 Å². The highest BCUT2D eigenvalue weighted by molar-refractivity contribution is 6.04. The topological polar surface area (TPSA) is 72.7 Å². The number of rotatable bonds is 3. The van der Waals surface area contributed by atoms with Crippen molar-refractivity contribution < 1.29 is 9.18 Å². The Balaban J connectivity index is 1.67. The predicted octanol–water partition coefficient (Wildman–Crippen LogP) is 3.07. The SMILES string of the molecule is Cc1cc(-c2ncc3c(n2)NC(=O)C3(C)C)nn1Cc1ccccc1F. The Labute approximate surface area is 150 Å². The summed E-state index contributed by atoms with van der Waals surface area (Å²) in [5.74, 6) is 0.589. The molecule has 0 atom stereocenters. The van der Waals surface area contributed by atoms with E-state index in [2.05, 4.69) is 20.4 Å². The lowest BCUT2D eigenvalue weighted by Crippen LogP contribution is -2.26. The van der Waals surface area contributed by atoms with Crippen LogP contribution in [0.25, 0.3) is 11.5 Å². The molecule has 0 fully saturated rings. The Hall–Kier alpha value is -3.09. The molecule has 0 saturated carbocycles. The maximum absolute atomic E-state index is 13.9. The second-order valence-corrected chi connectivity index (χ2v) is 6.96. The molecular weight excluding hydrogens is 333 g/mol. The van der Waals surface area contributed by atoms with Gasteiger partial charge in [-0.05, 0) is 32.9 Å². The molecular formula is C19H18FN5O. The molecule has 3 aromatic rings. The Morgan fingerprint density at radius 1 is 1.27 bits per heavy atom. The van der Waals surface area contributed by atoms with Crippen LogP contribution in [0.3, 0.4) is 0 Å². The highest BCUT2D eigenvalue weighted by atomic mass is 19.1. The van der Waals surface area contributed by atoms with E-state index < -0.39 is 5.41 Å². The van der Waals surface area contributed by atoms with Crippen molar-refractivity contribution in [2.24, 2.45) is 0 Å². The number of nitrogens with zero attached hydrogens (tertiary/aromatic N) is 4. The second kappa shape index (κ2) is 5.72. The summed E-state index contributed by atoms with van der Waals surface area (Å²) in [6, 6.07) is 8.48. The van der Waals surface area contributed by atoms with Crippen molar-refractivity contribution in [3.05, 3.63) is 59.2 Å². The Morgan fingerprint density at radius 2 is 2.04 bits per heavy atom. The van der Waals surface area contributed by atoms with Crippen molar-refractivity contribution in [2.75, 3.05) is 5.32 Å². The Bertz CT molecular complexity index is 1020. The average Bonchev–Trinajstić information content (AvgIpc) is 3.07. The Kier molecular flexibility index (Phi) is 3.61. The highest BCUT2D eigenvalue weighted by Crippen LogP contribution is 2.36. The molecule has 0 aliphatic carbocycles. The molecule has 132 valence electrons. The normalized spacial score (nSPS) is 15.0. The van der Waals surface area contributed by atoms with Gasteiger partial charge in [0.2, 0.25) is 5.91 Å². The van der Waals surface area contributed by atoms with E-state index in [0.717, 1.165) is 11.3 Å². The van der Waals surface area contributed by atoms with Crippen LogP contribution >= 0.6 is 0 Å². The van der Waals surface area contributed by atoms with Crippen LogP contribution in [0.5, 0.6) is 0 Å². The molecule has 1 amide bonds. The summed E-state index contributed by atoms with van der Waals surface area (Å²) in [7, 11) is 0. The zero-order valence-electron chi connectivity index (χ0n) is 14.7. The molecule has 1 aliphatic heterocycles. The monoisotopic (exact) mass is 351 g/mol. The number of aryl methyl sites for hydroxylation is 1. The van der Waals surface area contributed by atoms with Gasteiger partial charge in [-0.15, -0.1) is 0 Å². The van der Waals surface area contributed by atoms with Crippen LogP contribution in [0.1, 0.15) is 30.7 Å². The molecule has 2 aromatic heterocycles. The fourth-order valence-corrected chi connectivity index (χ4v) is 3.01. The number of anilines is 1. The summed E-state index contributed by atoms with van der Waals surface area (Å²) in [5, 5.41) is 7.30. The smallest absolute Gasteiger partial charge is 0.235 e. The molecule has 3 heterocycles. The van der Waals surface area contributed by atoms with Crippen molar-refractivity contribution in [1.29, 1.82) is 0 Å². The fraction of sp³-hybridized carbons (Fsp3) is 0.263. The molecule has 1 N–H and O–H groups in total. The zero-order chi connectivity index (χ0) is 18.5. The van der Waals surface area contributed by atoms with Crippen LogP contribution in [0.4, 0.5) is 10.2 Å². The molecule has 0 radical (unpaired) electrons. The molecule has 7 heteroatoms. The van der Waals surface area contributed by atoms with Crippen LogP contribution < -0.4 is 5.32 Å². The number of fused-ring (bicyclic) bond motifs is 1. The molecule has 0 saturated heterocycles. The molecule has 0 unspecified atom stereocenters. The first-order valence-corrected chi connectivity index (χ1v) is 8.33. The van der Waals surface area contributed by atoms with Gasteiger partial charge in [0.15, 0.2) is 5.82 Å². The zero-order valence-corrected chi connectivity index (χ0v) is 14.7. The predicted molar refractivity (Wildman–Crippen MR) is 95.1 cm³/mol. The number of carbonyl (C=O) groups is 1. The van der Waals surface area contributed by atoms with Crippen molar-refractivity contribution in [2.45, 2.75) is 32.7 Å². The summed E-state index contributed by atoms with van der Waals surface area (Å²) in [6.07, 6.45) is 1.67. The minimum absolute atomic E-state index is 0.0970. The molecule has 0 bridgehead atoms. The summed E-state index contributed by atoms with van der Waals surface area (Å²) in [5.41, 5.74) is 2.15. The molecule has 6 nitrogen and oxygen atoms in total. The fourth-order valence-electron chi connectivity index (χ4n) is 3.01. The van der Waals surface area contributed by atoms with Gasteiger partial charge in [-0.1, -0.05) is 18.2 Å². The van der Waals surface area contributed by atoms with Crippen LogP contribution in [0.2, 0.25) is 0 Å². The van der Waals surface area contributed by atoms with Crippen LogP contribution in [0.15, 0.2) is 36.5 Å². The first-order valence-electron chi connectivity index (χ1n) is 8.33. The third kappa shape index (κ3) is 2.56. The van der Waals surface area contributed by atoms with Gasteiger partial charge in [0, 0.05) is 23.0 Å². The summed E-state index contributed by atoms with van der Waals surface area (Å²) in [4.78, 5) is 20.9. The van der Waals surface area contributed by atoms with E-state index in [4.69, 9.17) is 0 Å². The van der Waals surface area contributed by atoms with Gasteiger partial charge in [-0.3, -0.25) is 9.48 Å². The lowest BCUT2D eigenvalue weighted by molar-refractivity contribution is -0.119. The number of hydrogen-bond donors (Lipinski definition) is 1. The first-order chi connectivity index (χ1) is 12.4. The van der Waals surface area contributed by atoms with Crippen LogP contribution in [-0.2, 0) is 16.8 Å². The van der Waals surface area contributed by atoms with Gasteiger partial charge in [0.1, 0.15) is 17.3 Å². The number of halogens is 1. The summed E-state index contributed by atoms with van der Waals surface area (Å²) >= 11 is 0.